The highest BCUT2D eigenvalue weighted by atomic mass is 32.2. The summed E-state index contributed by atoms with van der Waals surface area (Å²) in [6, 6.07) is 2.30. The molecule has 0 aliphatic heterocycles. The van der Waals surface area contributed by atoms with E-state index in [1.165, 1.54) is 0 Å². The molecule has 0 fully saturated rings. The first-order chi connectivity index (χ1) is 9.65. The molecular formula is C12H17FN2O5S. The van der Waals surface area contributed by atoms with Crippen molar-refractivity contribution < 1.29 is 22.8 Å². The number of halogens is 1. The fraction of sp³-hybridized carbons (Fsp3) is 0.500. The Hall–Kier alpha value is -1.58. The topological polar surface area (TPSA) is 110 Å². The van der Waals surface area contributed by atoms with Gasteiger partial charge in [-0.1, -0.05) is 6.92 Å². The molecular weight excluding hydrogens is 303 g/mol. The Morgan fingerprint density at radius 2 is 2.10 bits per heavy atom. The summed E-state index contributed by atoms with van der Waals surface area (Å²) in [6.45, 7) is 3.03. The molecule has 0 aliphatic rings. The number of aliphatic hydroxyl groups is 1. The van der Waals surface area contributed by atoms with Gasteiger partial charge in [0.2, 0.25) is 10.0 Å². The van der Waals surface area contributed by atoms with E-state index < -0.39 is 36.9 Å². The molecule has 0 aliphatic carbocycles. The minimum absolute atomic E-state index is 0.138. The summed E-state index contributed by atoms with van der Waals surface area (Å²) in [5, 5.41) is 19.6. The summed E-state index contributed by atoms with van der Waals surface area (Å²) in [7, 11) is -4.28. The zero-order chi connectivity index (χ0) is 16.3. The van der Waals surface area contributed by atoms with Crippen molar-refractivity contribution in [2.75, 3.05) is 6.61 Å². The monoisotopic (exact) mass is 320 g/mol. The summed E-state index contributed by atoms with van der Waals surface area (Å²) in [5.41, 5.74) is -1.48. The van der Waals surface area contributed by atoms with Crippen LogP contribution < -0.4 is 4.72 Å². The molecule has 0 heterocycles. The van der Waals surface area contributed by atoms with Crippen molar-refractivity contribution in [3.8, 4) is 0 Å². The number of non-ortho nitro benzene ring substituents is 1. The summed E-state index contributed by atoms with van der Waals surface area (Å²) in [5.74, 6) is -1.07. The van der Waals surface area contributed by atoms with Crippen molar-refractivity contribution in [1.82, 2.24) is 4.72 Å². The lowest BCUT2D eigenvalue weighted by Crippen LogP contribution is -2.46. The van der Waals surface area contributed by atoms with Gasteiger partial charge in [-0.15, -0.1) is 0 Å². The molecule has 0 spiro atoms. The number of nitro benzene ring substituents is 1. The molecule has 0 bridgehead atoms. The first-order valence-electron chi connectivity index (χ1n) is 6.24. The van der Waals surface area contributed by atoms with Gasteiger partial charge >= 0.3 is 0 Å². The zero-order valence-electron chi connectivity index (χ0n) is 11.7. The summed E-state index contributed by atoms with van der Waals surface area (Å²) in [6.07, 6.45) is 0.503. The van der Waals surface area contributed by atoms with Crippen molar-refractivity contribution in [1.29, 1.82) is 0 Å². The van der Waals surface area contributed by atoms with Gasteiger partial charge < -0.3 is 5.11 Å². The molecule has 118 valence electrons. The van der Waals surface area contributed by atoms with Crippen LogP contribution in [-0.4, -0.2) is 30.6 Å². The minimum atomic E-state index is -4.28. The number of hydrogen-bond acceptors (Lipinski definition) is 5. The molecule has 1 unspecified atom stereocenters. The molecule has 21 heavy (non-hydrogen) atoms. The number of nitrogens with zero attached hydrogens (tertiary/aromatic N) is 1. The van der Waals surface area contributed by atoms with Crippen LogP contribution in [-0.2, 0) is 10.0 Å². The van der Waals surface area contributed by atoms with Crippen LogP contribution in [0.1, 0.15) is 26.7 Å². The van der Waals surface area contributed by atoms with Crippen molar-refractivity contribution in [2.45, 2.75) is 37.1 Å². The van der Waals surface area contributed by atoms with Crippen molar-refractivity contribution in [2.24, 2.45) is 0 Å². The van der Waals surface area contributed by atoms with Crippen molar-refractivity contribution in [3.05, 3.63) is 34.1 Å². The zero-order valence-corrected chi connectivity index (χ0v) is 12.5. The van der Waals surface area contributed by atoms with E-state index >= 15 is 0 Å². The summed E-state index contributed by atoms with van der Waals surface area (Å²) in [4.78, 5) is 9.09. The highest BCUT2D eigenvalue weighted by molar-refractivity contribution is 7.89. The first kappa shape index (κ1) is 17.5. The Morgan fingerprint density at radius 3 is 2.57 bits per heavy atom. The summed E-state index contributed by atoms with van der Waals surface area (Å²) < 4.78 is 40.4. The Labute approximate surface area is 122 Å². The molecule has 2 N–H and O–H groups in total. The fourth-order valence-electron chi connectivity index (χ4n) is 1.74. The fourth-order valence-corrected chi connectivity index (χ4v) is 3.34. The van der Waals surface area contributed by atoms with E-state index in [4.69, 9.17) is 5.11 Å². The average Bonchev–Trinajstić information content (AvgIpc) is 2.38. The number of hydrogen-bond donors (Lipinski definition) is 2. The summed E-state index contributed by atoms with van der Waals surface area (Å²) >= 11 is 0. The van der Waals surface area contributed by atoms with Crippen molar-refractivity contribution >= 4 is 15.7 Å². The van der Waals surface area contributed by atoms with Gasteiger partial charge in [-0.25, -0.2) is 17.5 Å². The Balaban J connectivity index is 3.25. The predicted molar refractivity (Wildman–Crippen MR) is 73.8 cm³/mol. The molecule has 1 rings (SSSR count). The molecule has 0 radical (unpaired) electrons. The number of benzene rings is 1. The quantitative estimate of drug-likeness (QED) is 0.585. The van der Waals surface area contributed by atoms with Crippen LogP contribution >= 0.6 is 0 Å². The largest absolute Gasteiger partial charge is 0.396 e. The lowest BCUT2D eigenvalue weighted by atomic mass is 9.97. The third-order valence-electron chi connectivity index (χ3n) is 3.24. The minimum Gasteiger partial charge on any atom is -0.396 e. The van der Waals surface area contributed by atoms with Gasteiger partial charge in [-0.3, -0.25) is 10.1 Å². The molecule has 9 heteroatoms. The van der Waals surface area contributed by atoms with Gasteiger partial charge in [0.1, 0.15) is 10.7 Å². The molecule has 0 saturated heterocycles. The van der Waals surface area contributed by atoms with Gasteiger partial charge in [-0.05, 0) is 25.8 Å². The first-order valence-corrected chi connectivity index (χ1v) is 7.72. The lowest BCUT2D eigenvalue weighted by molar-refractivity contribution is -0.385. The second-order valence-corrected chi connectivity index (χ2v) is 6.52. The van der Waals surface area contributed by atoms with Gasteiger partial charge in [0.25, 0.3) is 5.69 Å². The van der Waals surface area contributed by atoms with E-state index in [-0.39, 0.29) is 13.0 Å². The Morgan fingerprint density at radius 1 is 1.48 bits per heavy atom. The molecule has 1 aromatic carbocycles. The van der Waals surface area contributed by atoms with Crippen LogP contribution in [0.2, 0.25) is 0 Å². The molecule has 1 atom stereocenters. The van der Waals surface area contributed by atoms with Gasteiger partial charge in [-0.2, -0.15) is 0 Å². The maximum atomic E-state index is 13.7. The second kappa shape index (κ2) is 6.46. The van der Waals surface area contributed by atoms with E-state index in [0.717, 1.165) is 12.1 Å². The van der Waals surface area contributed by atoms with E-state index in [1.54, 1.807) is 13.8 Å². The third kappa shape index (κ3) is 4.19. The average molecular weight is 320 g/mol. The van der Waals surface area contributed by atoms with E-state index in [9.17, 15) is 22.9 Å². The molecule has 0 amide bonds. The lowest BCUT2D eigenvalue weighted by Gasteiger charge is -2.28. The standard InChI is InChI=1S/C12H17FN2O5S/c1-3-12(2,6-7-16)14-21(19,20)11-8-9(15(17)18)4-5-10(11)13/h4-5,8,14,16H,3,6-7H2,1-2H3. The van der Waals surface area contributed by atoms with Gasteiger partial charge in [0, 0.05) is 24.3 Å². The number of rotatable bonds is 7. The van der Waals surface area contributed by atoms with Crippen LogP contribution in [0.25, 0.3) is 0 Å². The van der Waals surface area contributed by atoms with Gasteiger partial charge in [0.15, 0.2) is 0 Å². The highest BCUT2D eigenvalue weighted by Gasteiger charge is 2.31. The predicted octanol–water partition coefficient (Wildman–Crippen LogP) is 1.56. The van der Waals surface area contributed by atoms with E-state index in [2.05, 4.69) is 4.72 Å². The maximum absolute atomic E-state index is 13.7. The number of sulfonamides is 1. The van der Waals surface area contributed by atoms with Gasteiger partial charge in [0.05, 0.1) is 4.92 Å². The van der Waals surface area contributed by atoms with Crippen LogP contribution in [0.4, 0.5) is 10.1 Å². The normalized spacial score (nSPS) is 14.7. The van der Waals surface area contributed by atoms with Crippen LogP contribution in [0.15, 0.2) is 23.1 Å². The maximum Gasteiger partial charge on any atom is 0.270 e. The molecule has 1 aromatic rings. The smallest absolute Gasteiger partial charge is 0.270 e. The van der Waals surface area contributed by atoms with Crippen LogP contribution in [0.3, 0.4) is 0 Å². The number of nitrogens with one attached hydrogen (secondary N) is 1. The highest BCUT2D eigenvalue weighted by Crippen LogP contribution is 2.24. The second-order valence-electron chi connectivity index (χ2n) is 4.87. The third-order valence-corrected chi connectivity index (χ3v) is 4.89. The Kier molecular flexibility index (Phi) is 5.37. The number of nitro groups is 1. The SMILES string of the molecule is CCC(C)(CCO)NS(=O)(=O)c1cc([N+](=O)[O-])ccc1F. The Bertz CT molecular complexity index is 635. The van der Waals surface area contributed by atoms with E-state index in [1.807, 2.05) is 0 Å². The molecule has 0 aromatic heterocycles. The van der Waals surface area contributed by atoms with Crippen LogP contribution in [0.5, 0.6) is 0 Å². The van der Waals surface area contributed by atoms with Crippen LogP contribution in [0, 0.1) is 15.9 Å². The van der Waals surface area contributed by atoms with Crippen molar-refractivity contribution in [3.63, 3.8) is 0 Å². The molecule has 0 saturated carbocycles. The van der Waals surface area contributed by atoms with E-state index in [0.29, 0.717) is 12.5 Å². The molecule has 7 nitrogen and oxygen atoms in total. The number of aliphatic hydroxyl groups excluding tert-OH is 1.